The van der Waals surface area contributed by atoms with Crippen LogP contribution in [0.1, 0.15) is 32.6 Å². The SMILES string of the molecule is C=CCN(CC=C)C(C)CCCNC1CC1. The molecule has 1 aliphatic carbocycles. The first kappa shape index (κ1) is 13.5. The van der Waals surface area contributed by atoms with E-state index in [1.807, 2.05) is 12.2 Å². The molecular weight excluding hydrogens is 196 g/mol. The molecule has 16 heavy (non-hydrogen) atoms. The number of nitrogens with zero attached hydrogens (tertiary/aromatic N) is 1. The van der Waals surface area contributed by atoms with Crippen molar-refractivity contribution in [2.24, 2.45) is 0 Å². The van der Waals surface area contributed by atoms with Crippen molar-refractivity contribution in [3.63, 3.8) is 0 Å². The van der Waals surface area contributed by atoms with Gasteiger partial charge in [-0.05, 0) is 39.2 Å². The van der Waals surface area contributed by atoms with Crippen LogP contribution in [0.3, 0.4) is 0 Å². The van der Waals surface area contributed by atoms with Crippen molar-refractivity contribution in [3.8, 4) is 0 Å². The van der Waals surface area contributed by atoms with Crippen LogP contribution in [0.5, 0.6) is 0 Å². The van der Waals surface area contributed by atoms with E-state index in [2.05, 4.69) is 30.3 Å². The molecule has 0 aliphatic heterocycles. The Bertz CT molecular complexity index is 199. The largest absolute Gasteiger partial charge is 0.314 e. The van der Waals surface area contributed by atoms with Gasteiger partial charge in [0.15, 0.2) is 0 Å². The third-order valence-electron chi connectivity index (χ3n) is 3.16. The topological polar surface area (TPSA) is 15.3 Å². The Labute approximate surface area is 100 Å². The van der Waals surface area contributed by atoms with E-state index in [4.69, 9.17) is 0 Å². The molecule has 1 N–H and O–H groups in total. The van der Waals surface area contributed by atoms with Gasteiger partial charge in [-0.1, -0.05) is 12.2 Å². The first-order valence-electron chi connectivity index (χ1n) is 6.47. The Kier molecular flexibility index (Phi) is 6.43. The van der Waals surface area contributed by atoms with Crippen LogP contribution in [-0.2, 0) is 0 Å². The van der Waals surface area contributed by atoms with Crippen LogP contribution in [0.2, 0.25) is 0 Å². The fraction of sp³-hybridized carbons (Fsp3) is 0.714. The summed E-state index contributed by atoms with van der Waals surface area (Å²) < 4.78 is 0. The van der Waals surface area contributed by atoms with E-state index < -0.39 is 0 Å². The summed E-state index contributed by atoms with van der Waals surface area (Å²) in [5.74, 6) is 0. The highest BCUT2D eigenvalue weighted by Gasteiger charge is 2.19. The second kappa shape index (κ2) is 7.64. The molecule has 0 heterocycles. The monoisotopic (exact) mass is 222 g/mol. The van der Waals surface area contributed by atoms with Crippen molar-refractivity contribution in [2.75, 3.05) is 19.6 Å². The minimum atomic E-state index is 0.622. The van der Waals surface area contributed by atoms with Crippen molar-refractivity contribution in [1.29, 1.82) is 0 Å². The van der Waals surface area contributed by atoms with Crippen molar-refractivity contribution in [3.05, 3.63) is 25.3 Å². The predicted octanol–water partition coefficient (Wildman–Crippen LogP) is 2.58. The van der Waals surface area contributed by atoms with Gasteiger partial charge in [-0.3, -0.25) is 4.90 Å². The maximum Gasteiger partial charge on any atom is 0.0166 e. The smallest absolute Gasteiger partial charge is 0.0166 e. The summed E-state index contributed by atoms with van der Waals surface area (Å²) in [4.78, 5) is 2.41. The molecule has 1 aliphatic rings. The Balaban J connectivity index is 2.10. The minimum Gasteiger partial charge on any atom is -0.314 e. The summed E-state index contributed by atoms with van der Waals surface area (Å²) in [5.41, 5.74) is 0. The van der Waals surface area contributed by atoms with E-state index in [9.17, 15) is 0 Å². The van der Waals surface area contributed by atoms with Gasteiger partial charge in [0.25, 0.3) is 0 Å². The average molecular weight is 222 g/mol. The quantitative estimate of drug-likeness (QED) is 0.451. The third kappa shape index (κ3) is 5.47. The number of hydrogen-bond acceptors (Lipinski definition) is 2. The molecule has 1 fully saturated rings. The Hall–Kier alpha value is -0.600. The summed E-state index contributed by atoms with van der Waals surface area (Å²) >= 11 is 0. The first-order valence-corrected chi connectivity index (χ1v) is 6.47. The number of hydrogen-bond donors (Lipinski definition) is 1. The summed E-state index contributed by atoms with van der Waals surface area (Å²) in [7, 11) is 0. The molecule has 1 unspecified atom stereocenters. The molecule has 92 valence electrons. The summed E-state index contributed by atoms with van der Waals surface area (Å²) in [5, 5.41) is 3.56. The Morgan fingerprint density at radius 1 is 1.31 bits per heavy atom. The lowest BCUT2D eigenvalue weighted by Gasteiger charge is -2.26. The van der Waals surface area contributed by atoms with Crippen LogP contribution in [0.4, 0.5) is 0 Å². The number of nitrogens with one attached hydrogen (secondary N) is 1. The first-order chi connectivity index (χ1) is 7.77. The van der Waals surface area contributed by atoms with Gasteiger partial charge in [0.1, 0.15) is 0 Å². The van der Waals surface area contributed by atoms with Crippen LogP contribution in [-0.4, -0.2) is 36.6 Å². The lowest BCUT2D eigenvalue weighted by atomic mass is 10.1. The molecule has 0 aromatic carbocycles. The number of rotatable bonds is 10. The average Bonchev–Trinajstić information content (AvgIpc) is 3.07. The van der Waals surface area contributed by atoms with Gasteiger partial charge < -0.3 is 5.32 Å². The molecule has 0 saturated heterocycles. The van der Waals surface area contributed by atoms with Gasteiger partial charge in [0, 0.05) is 25.2 Å². The second-order valence-electron chi connectivity index (χ2n) is 4.75. The normalized spacial score (nSPS) is 17.4. The van der Waals surface area contributed by atoms with Crippen LogP contribution >= 0.6 is 0 Å². The van der Waals surface area contributed by atoms with Crippen LogP contribution in [0.25, 0.3) is 0 Å². The maximum absolute atomic E-state index is 3.80. The molecule has 0 bridgehead atoms. The lowest BCUT2D eigenvalue weighted by Crippen LogP contribution is -2.34. The molecule has 1 saturated carbocycles. The molecule has 0 aromatic heterocycles. The van der Waals surface area contributed by atoms with E-state index in [-0.39, 0.29) is 0 Å². The zero-order valence-electron chi connectivity index (χ0n) is 10.6. The van der Waals surface area contributed by atoms with Crippen molar-refractivity contribution < 1.29 is 0 Å². The van der Waals surface area contributed by atoms with Gasteiger partial charge in [0.05, 0.1) is 0 Å². The van der Waals surface area contributed by atoms with Crippen LogP contribution in [0.15, 0.2) is 25.3 Å². The van der Waals surface area contributed by atoms with E-state index >= 15 is 0 Å². The van der Waals surface area contributed by atoms with Crippen molar-refractivity contribution in [2.45, 2.75) is 44.7 Å². The highest BCUT2D eigenvalue weighted by Crippen LogP contribution is 2.18. The van der Waals surface area contributed by atoms with Gasteiger partial charge in [0.2, 0.25) is 0 Å². The van der Waals surface area contributed by atoms with Crippen molar-refractivity contribution in [1.82, 2.24) is 10.2 Å². The molecule has 0 aromatic rings. The lowest BCUT2D eigenvalue weighted by molar-refractivity contribution is 0.240. The fourth-order valence-corrected chi connectivity index (χ4v) is 1.94. The van der Waals surface area contributed by atoms with E-state index in [1.54, 1.807) is 0 Å². The predicted molar refractivity (Wildman–Crippen MR) is 71.7 cm³/mol. The summed E-state index contributed by atoms with van der Waals surface area (Å²) in [6.07, 6.45) is 9.23. The van der Waals surface area contributed by atoms with E-state index in [0.717, 1.165) is 19.1 Å². The molecular formula is C14H26N2. The van der Waals surface area contributed by atoms with Gasteiger partial charge in [-0.2, -0.15) is 0 Å². The van der Waals surface area contributed by atoms with E-state index in [1.165, 1.54) is 32.2 Å². The van der Waals surface area contributed by atoms with Crippen molar-refractivity contribution >= 4 is 0 Å². The summed E-state index contributed by atoms with van der Waals surface area (Å²) in [6, 6.07) is 1.46. The molecule has 2 nitrogen and oxygen atoms in total. The molecule has 2 heteroatoms. The maximum atomic E-state index is 3.80. The standard InChI is InChI=1S/C14H26N2/c1-4-11-16(12-5-2)13(3)7-6-10-15-14-8-9-14/h4-5,13-15H,1-2,6-12H2,3H3. The molecule has 1 atom stereocenters. The second-order valence-corrected chi connectivity index (χ2v) is 4.75. The van der Waals surface area contributed by atoms with Gasteiger partial charge in [-0.15, -0.1) is 13.2 Å². The molecule has 0 amide bonds. The zero-order chi connectivity index (χ0) is 11.8. The molecule has 0 spiro atoms. The van der Waals surface area contributed by atoms with Gasteiger partial charge >= 0.3 is 0 Å². The highest BCUT2D eigenvalue weighted by atomic mass is 15.1. The fourth-order valence-electron chi connectivity index (χ4n) is 1.94. The minimum absolute atomic E-state index is 0.622. The van der Waals surface area contributed by atoms with E-state index in [0.29, 0.717) is 6.04 Å². The van der Waals surface area contributed by atoms with Gasteiger partial charge in [-0.25, -0.2) is 0 Å². The third-order valence-corrected chi connectivity index (χ3v) is 3.16. The summed E-state index contributed by atoms with van der Waals surface area (Å²) in [6.45, 7) is 13.0. The molecule has 1 rings (SSSR count). The zero-order valence-corrected chi connectivity index (χ0v) is 10.6. The van der Waals surface area contributed by atoms with Crippen LogP contribution in [0, 0.1) is 0 Å². The Morgan fingerprint density at radius 2 is 1.94 bits per heavy atom. The molecule has 0 radical (unpaired) electrons. The van der Waals surface area contributed by atoms with Crippen LogP contribution < -0.4 is 5.32 Å². The highest BCUT2D eigenvalue weighted by molar-refractivity contribution is 4.84. The Morgan fingerprint density at radius 3 is 2.44 bits per heavy atom.